The number of rotatable bonds is 3. The van der Waals surface area contributed by atoms with Gasteiger partial charge in [-0.25, -0.2) is 13.8 Å². The minimum Gasteiger partial charge on any atom is -0.391 e. The highest BCUT2D eigenvalue weighted by molar-refractivity contribution is 5.62. The predicted molar refractivity (Wildman–Crippen MR) is 49.6 cm³/mol. The number of nitriles is 1. The van der Waals surface area contributed by atoms with E-state index in [2.05, 4.69) is 4.98 Å². The maximum absolute atomic E-state index is 12.4. The van der Waals surface area contributed by atoms with Crippen LogP contribution in [0.15, 0.2) is 6.07 Å². The molecular weight excluding hydrogens is 222 g/mol. The number of nitrogen functional groups attached to an aromatic ring is 1. The van der Waals surface area contributed by atoms with Gasteiger partial charge in [-0.15, -0.1) is 0 Å². The molecule has 0 saturated heterocycles. The molecule has 1 rings (SSSR count). The first-order chi connectivity index (χ1) is 7.47. The maximum atomic E-state index is 12.4. The summed E-state index contributed by atoms with van der Waals surface area (Å²) in [5, 5.41) is 18.9. The van der Waals surface area contributed by atoms with Crippen LogP contribution in [0.25, 0.3) is 0 Å². The summed E-state index contributed by atoms with van der Waals surface area (Å²) in [5.41, 5.74) is 2.90. The van der Waals surface area contributed by atoms with Crippen LogP contribution in [0.4, 0.5) is 20.2 Å². The molecule has 0 amide bonds. The fourth-order valence-corrected chi connectivity index (χ4v) is 1.10. The van der Waals surface area contributed by atoms with E-state index in [4.69, 9.17) is 11.0 Å². The number of hydrogen-bond acceptors (Lipinski definition) is 5. The van der Waals surface area contributed by atoms with Gasteiger partial charge in [-0.3, -0.25) is 10.1 Å². The molecule has 0 aliphatic rings. The number of anilines is 1. The number of aromatic nitrogens is 1. The van der Waals surface area contributed by atoms with Crippen molar-refractivity contribution in [3.63, 3.8) is 0 Å². The van der Waals surface area contributed by atoms with E-state index in [9.17, 15) is 18.9 Å². The van der Waals surface area contributed by atoms with Gasteiger partial charge in [0.2, 0.25) is 0 Å². The van der Waals surface area contributed by atoms with Crippen molar-refractivity contribution in [2.75, 3.05) is 5.73 Å². The largest absolute Gasteiger partial charge is 0.391 e. The molecule has 0 saturated carbocycles. The molecule has 1 aromatic heterocycles. The fourth-order valence-electron chi connectivity index (χ4n) is 1.10. The van der Waals surface area contributed by atoms with E-state index in [0.29, 0.717) is 0 Å². The minimum atomic E-state index is -3.02. The zero-order valence-electron chi connectivity index (χ0n) is 7.85. The molecular formula is C8H6F2N4O2. The van der Waals surface area contributed by atoms with Crippen LogP contribution in [-0.2, 0) is 6.42 Å². The summed E-state index contributed by atoms with van der Waals surface area (Å²) < 4.78 is 24.9. The van der Waals surface area contributed by atoms with Crippen molar-refractivity contribution in [2.45, 2.75) is 12.8 Å². The topological polar surface area (TPSA) is 106 Å². The van der Waals surface area contributed by atoms with Gasteiger partial charge in [-0.2, -0.15) is 5.26 Å². The molecule has 0 aromatic carbocycles. The highest BCUT2D eigenvalue weighted by atomic mass is 19.3. The van der Waals surface area contributed by atoms with E-state index in [1.165, 1.54) is 0 Å². The van der Waals surface area contributed by atoms with E-state index < -0.39 is 28.4 Å². The Morgan fingerprint density at radius 3 is 2.75 bits per heavy atom. The van der Waals surface area contributed by atoms with Crippen molar-refractivity contribution in [3.8, 4) is 6.07 Å². The van der Waals surface area contributed by atoms with Gasteiger partial charge in [-0.05, 0) is 0 Å². The molecule has 84 valence electrons. The van der Waals surface area contributed by atoms with Crippen LogP contribution in [0.5, 0.6) is 0 Å². The number of nitrogens with two attached hydrogens (primary N) is 1. The molecule has 0 radical (unpaired) electrons. The SMILES string of the molecule is N#CCc1cc([N+](=O)[O-])c(N)c(C(F)F)n1. The van der Waals surface area contributed by atoms with Crippen molar-refractivity contribution >= 4 is 11.4 Å². The van der Waals surface area contributed by atoms with Gasteiger partial charge >= 0.3 is 0 Å². The Hall–Kier alpha value is -2.30. The zero-order valence-corrected chi connectivity index (χ0v) is 7.85. The molecule has 0 unspecified atom stereocenters. The van der Waals surface area contributed by atoms with Gasteiger partial charge in [0.25, 0.3) is 12.1 Å². The lowest BCUT2D eigenvalue weighted by Gasteiger charge is -2.05. The number of nitrogens with zero attached hydrogens (tertiary/aromatic N) is 3. The summed E-state index contributed by atoms with van der Waals surface area (Å²) >= 11 is 0. The molecule has 0 atom stereocenters. The van der Waals surface area contributed by atoms with Gasteiger partial charge in [0.15, 0.2) is 0 Å². The Balaban J connectivity index is 3.40. The second kappa shape index (κ2) is 4.48. The monoisotopic (exact) mass is 228 g/mol. The molecule has 0 aliphatic heterocycles. The molecule has 0 aliphatic carbocycles. The van der Waals surface area contributed by atoms with Crippen LogP contribution in [0, 0.1) is 21.4 Å². The van der Waals surface area contributed by atoms with Crippen LogP contribution in [0.1, 0.15) is 17.8 Å². The van der Waals surface area contributed by atoms with E-state index in [1.54, 1.807) is 6.07 Å². The average Bonchev–Trinajstić information content (AvgIpc) is 2.19. The molecule has 1 aromatic rings. The fraction of sp³-hybridized carbons (Fsp3) is 0.250. The normalized spacial score (nSPS) is 10.1. The average molecular weight is 228 g/mol. The lowest BCUT2D eigenvalue weighted by molar-refractivity contribution is -0.384. The molecule has 1 heterocycles. The molecule has 0 bridgehead atoms. The first-order valence-corrected chi connectivity index (χ1v) is 4.06. The van der Waals surface area contributed by atoms with Gasteiger partial charge in [0.1, 0.15) is 11.4 Å². The smallest absolute Gasteiger partial charge is 0.296 e. The van der Waals surface area contributed by atoms with Crippen LogP contribution in [-0.4, -0.2) is 9.91 Å². The molecule has 16 heavy (non-hydrogen) atoms. The summed E-state index contributed by atoms with van der Waals surface area (Å²) in [6.45, 7) is 0. The van der Waals surface area contributed by atoms with Crippen molar-refractivity contribution in [1.29, 1.82) is 5.26 Å². The Bertz CT molecular complexity index is 470. The van der Waals surface area contributed by atoms with E-state index in [0.717, 1.165) is 6.07 Å². The molecule has 8 heteroatoms. The number of nitro groups is 1. The van der Waals surface area contributed by atoms with E-state index in [-0.39, 0.29) is 12.1 Å². The third kappa shape index (κ3) is 2.20. The third-order valence-corrected chi connectivity index (χ3v) is 1.78. The van der Waals surface area contributed by atoms with Crippen LogP contribution in [0.3, 0.4) is 0 Å². The summed E-state index contributed by atoms with van der Waals surface area (Å²) in [6.07, 6.45) is -3.31. The van der Waals surface area contributed by atoms with Gasteiger partial charge in [0.05, 0.1) is 23.1 Å². The molecule has 0 spiro atoms. The molecule has 6 nitrogen and oxygen atoms in total. The van der Waals surface area contributed by atoms with Gasteiger partial charge in [-0.1, -0.05) is 0 Å². The summed E-state index contributed by atoms with van der Waals surface area (Å²) in [5.74, 6) is 0. The lowest BCUT2D eigenvalue weighted by Crippen LogP contribution is -2.06. The predicted octanol–water partition coefficient (Wildman–Crippen LogP) is 1.58. The number of pyridine rings is 1. The highest BCUT2D eigenvalue weighted by Gasteiger charge is 2.23. The van der Waals surface area contributed by atoms with Crippen molar-refractivity contribution in [1.82, 2.24) is 4.98 Å². The summed E-state index contributed by atoms with van der Waals surface area (Å²) in [7, 11) is 0. The minimum absolute atomic E-state index is 0.0984. The van der Waals surface area contributed by atoms with E-state index in [1.807, 2.05) is 0 Å². The van der Waals surface area contributed by atoms with E-state index >= 15 is 0 Å². The number of alkyl halides is 2. The van der Waals surface area contributed by atoms with Crippen LogP contribution < -0.4 is 5.73 Å². The molecule has 0 fully saturated rings. The first kappa shape index (κ1) is 11.8. The quantitative estimate of drug-likeness (QED) is 0.624. The first-order valence-electron chi connectivity index (χ1n) is 4.06. The Kier molecular flexibility index (Phi) is 3.30. The third-order valence-electron chi connectivity index (χ3n) is 1.78. The summed E-state index contributed by atoms with van der Waals surface area (Å²) in [4.78, 5) is 13.0. The number of halogens is 2. The maximum Gasteiger partial charge on any atom is 0.296 e. The number of hydrogen-bond donors (Lipinski definition) is 1. The van der Waals surface area contributed by atoms with Crippen molar-refractivity contribution in [2.24, 2.45) is 0 Å². The zero-order chi connectivity index (χ0) is 12.3. The highest BCUT2D eigenvalue weighted by Crippen LogP contribution is 2.31. The molecule has 2 N–H and O–H groups in total. The summed E-state index contributed by atoms with van der Waals surface area (Å²) in [6, 6.07) is 2.59. The van der Waals surface area contributed by atoms with Crippen molar-refractivity contribution in [3.05, 3.63) is 27.6 Å². The second-order valence-corrected chi connectivity index (χ2v) is 2.82. The van der Waals surface area contributed by atoms with Crippen LogP contribution >= 0.6 is 0 Å². The van der Waals surface area contributed by atoms with Crippen LogP contribution in [0.2, 0.25) is 0 Å². The Morgan fingerprint density at radius 1 is 1.69 bits per heavy atom. The Morgan fingerprint density at radius 2 is 2.31 bits per heavy atom. The van der Waals surface area contributed by atoms with Crippen molar-refractivity contribution < 1.29 is 13.7 Å². The van der Waals surface area contributed by atoms with Gasteiger partial charge < -0.3 is 5.73 Å². The Labute approximate surface area is 88.5 Å². The van der Waals surface area contributed by atoms with Gasteiger partial charge in [0, 0.05) is 6.07 Å². The standard InChI is InChI=1S/C8H6F2N4O2/c9-8(10)7-6(12)5(14(15)16)3-4(13-7)1-2-11/h3,8H,1,12H2. The second-order valence-electron chi connectivity index (χ2n) is 2.82. The lowest BCUT2D eigenvalue weighted by atomic mass is 10.2.